The number of imidazole rings is 1. The molecule has 2 aromatic rings. The minimum absolute atomic E-state index is 0.0481. The first kappa shape index (κ1) is 13.3. The standard InChI is InChI=1S/C10H12N5O4P/c11-9-8-10(13-3-12-9)15(4-14-8)7-1-5(16)6(19-7)2-18-20-17/h3-7,16H,1-2H2,(H2,11,12,13)/t5-,6+,7+/m0/s1. The van der Waals surface area contributed by atoms with E-state index in [2.05, 4.69) is 15.0 Å². The fourth-order valence-corrected chi connectivity index (χ4v) is 2.43. The Balaban J connectivity index is 1.85. The average molecular weight is 297 g/mol. The Morgan fingerprint density at radius 3 is 3.20 bits per heavy atom. The molecule has 3 heterocycles. The molecule has 0 aromatic carbocycles. The van der Waals surface area contributed by atoms with Crippen molar-refractivity contribution >= 4 is 25.7 Å². The van der Waals surface area contributed by atoms with Crippen LogP contribution in [-0.2, 0) is 13.8 Å². The number of ether oxygens (including phenoxy) is 1. The summed E-state index contributed by atoms with van der Waals surface area (Å²) in [6, 6.07) is 0. The summed E-state index contributed by atoms with van der Waals surface area (Å²) in [6.07, 6.45) is 1.57. The van der Waals surface area contributed by atoms with Gasteiger partial charge in [-0.15, -0.1) is 0 Å². The highest BCUT2D eigenvalue weighted by Gasteiger charge is 2.36. The van der Waals surface area contributed by atoms with Crippen LogP contribution in [0.3, 0.4) is 0 Å². The molecule has 0 amide bonds. The Hall–Kier alpha value is -1.67. The van der Waals surface area contributed by atoms with E-state index in [4.69, 9.17) is 15.0 Å². The lowest BCUT2D eigenvalue weighted by Crippen LogP contribution is -2.24. The fraction of sp³-hybridized carbons (Fsp3) is 0.500. The number of fused-ring (bicyclic) bond motifs is 1. The van der Waals surface area contributed by atoms with Gasteiger partial charge in [-0.05, 0) is 0 Å². The number of aliphatic hydroxyl groups excluding tert-OH is 1. The van der Waals surface area contributed by atoms with Gasteiger partial charge < -0.3 is 15.6 Å². The van der Waals surface area contributed by atoms with Crippen LogP contribution in [0.4, 0.5) is 5.82 Å². The number of nitrogens with two attached hydrogens (primary N) is 1. The highest BCUT2D eigenvalue weighted by Crippen LogP contribution is 2.31. The van der Waals surface area contributed by atoms with Gasteiger partial charge in [-0.3, -0.25) is 9.09 Å². The van der Waals surface area contributed by atoms with Crippen LogP contribution >= 0.6 is 8.69 Å². The highest BCUT2D eigenvalue weighted by atomic mass is 31.1. The molecule has 3 rings (SSSR count). The van der Waals surface area contributed by atoms with Gasteiger partial charge >= 0.3 is 8.69 Å². The zero-order valence-electron chi connectivity index (χ0n) is 10.3. The maximum Gasteiger partial charge on any atom is 0.327 e. The van der Waals surface area contributed by atoms with E-state index >= 15 is 0 Å². The molecule has 0 spiro atoms. The summed E-state index contributed by atoms with van der Waals surface area (Å²) < 4.78 is 22.4. The lowest BCUT2D eigenvalue weighted by atomic mass is 10.2. The smallest absolute Gasteiger partial charge is 0.327 e. The number of nitrogens with zero attached hydrogens (tertiary/aromatic N) is 4. The third-order valence-electron chi connectivity index (χ3n) is 3.19. The Morgan fingerprint density at radius 2 is 2.40 bits per heavy atom. The van der Waals surface area contributed by atoms with Gasteiger partial charge in [-0.25, -0.2) is 19.5 Å². The van der Waals surface area contributed by atoms with Gasteiger partial charge in [-0.1, -0.05) is 0 Å². The molecule has 9 nitrogen and oxygen atoms in total. The third kappa shape index (κ3) is 2.25. The lowest BCUT2D eigenvalue weighted by Gasteiger charge is -2.14. The number of rotatable bonds is 4. The second-order valence-electron chi connectivity index (χ2n) is 4.39. The molecule has 10 heteroatoms. The van der Waals surface area contributed by atoms with E-state index in [9.17, 15) is 9.67 Å². The largest absolute Gasteiger partial charge is 0.390 e. The van der Waals surface area contributed by atoms with Crippen LogP contribution in [0.2, 0.25) is 0 Å². The summed E-state index contributed by atoms with van der Waals surface area (Å²) >= 11 is 0. The number of aliphatic hydroxyl groups is 1. The first-order valence-electron chi connectivity index (χ1n) is 5.92. The SMILES string of the molecule is Nc1ncnc2c1ncn2[C@H]1C[C@H](O)[C@@H](COP=O)O1. The Morgan fingerprint density at radius 1 is 1.55 bits per heavy atom. The molecule has 1 fully saturated rings. The number of hydrogen-bond acceptors (Lipinski definition) is 8. The molecular formula is C10H12N5O4P. The Kier molecular flexibility index (Phi) is 3.58. The molecule has 20 heavy (non-hydrogen) atoms. The molecule has 0 radical (unpaired) electrons. The molecule has 1 saturated heterocycles. The molecule has 0 unspecified atom stereocenters. The van der Waals surface area contributed by atoms with Gasteiger partial charge in [-0.2, -0.15) is 0 Å². The van der Waals surface area contributed by atoms with E-state index in [1.165, 1.54) is 6.33 Å². The van der Waals surface area contributed by atoms with Crippen molar-refractivity contribution < 1.29 is 18.9 Å². The molecular weight excluding hydrogens is 285 g/mol. The average Bonchev–Trinajstić information content (AvgIpc) is 3.01. The van der Waals surface area contributed by atoms with Crippen LogP contribution in [0.15, 0.2) is 12.7 Å². The highest BCUT2D eigenvalue weighted by molar-refractivity contribution is 7.17. The number of nitrogen functional groups attached to an aromatic ring is 1. The summed E-state index contributed by atoms with van der Waals surface area (Å²) in [5.41, 5.74) is 6.74. The molecule has 0 saturated carbocycles. The first-order chi connectivity index (χ1) is 9.70. The first-order valence-corrected chi connectivity index (χ1v) is 6.65. The molecule has 2 aromatic heterocycles. The lowest BCUT2D eigenvalue weighted by molar-refractivity contribution is -0.0362. The molecule has 0 bridgehead atoms. The predicted octanol–water partition coefficient (Wildman–Crippen LogP) is 0.280. The normalized spacial score (nSPS) is 26.6. The number of hydrogen-bond donors (Lipinski definition) is 2. The van der Waals surface area contributed by atoms with Gasteiger partial charge in [0.2, 0.25) is 0 Å². The van der Waals surface area contributed by atoms with Crippen LogP contribution in [0.1, 0.15) is 12.6 Å². The van der Waals surface area contributed by atoms with Crippen LogP contribution < -0.4 is 5.73 Å². The fourth-order valence-electron chi connectivity index (χ4n) is 2.22. The van der Waals surface area contributed by atoms with Crippen molar-refractivity contribution in [3.8, 4) is 0 Å². The Labute approximate surface area is 115 Å². The van der Waals surface area contributed by atoms with Gasteiger partial charge in [0.1, 0.15) is 24.2 Å². The summed E-state index contributed by atoms with van der Waals surface area (Å²) in [4.78, 5) is 12.1. The summed E-state index contributed by atoms with van der Waals surface area (Å²) in [7, 11) is -0.440. The predicted molar refractivity (Wildman–Crippen MR) is 67.8 cm³/mol. The molecule has 3 N–H and O–H groups in total. The maximum absolute atomic E-state index is 10.3. The van der Waals surface area contributed by atoms with Crippen molar-refractivity contribution in [3.05, 3.63) is 12.7 Å². The molecule has 106 valence electrons. The van der Waals surface area contributed by atoms with Crippen molar-refractivity contribution in [2.45, 2.75) is 24.9 Å². The molecule has 0 aliphatic carbocycles. The van der Waals surface area contributed by atoms with Crippen LogP contribution in [0, 0.1) is 0 Å². The Bertz CT molecular complexity index is 635. The zero-order chi connectivity index (χ0) is 14.1. The summed E-state index contributed by atoms with van der Waals surface area (Å²) in [5, 5.41) is 9.91. The van der Waals surface area contributed by atoms with Crippen LogP contribution in [0.25, 0.3) is 11.2 Å². The van der Waals surface area contributed by atoms with Crippen LogP contribution in [0.5, 0.6) is 0 Å². The second kappa shape index (κ2) is 5.37. The van der Waals surface area contributed by atoms with Crippen molar-refractivity contribution in [1.82, 2.24) is 19.5 Å². The minimum atomic E-state index is -0.710. The monoisotopic (exact) mass is 297 g/mol. The summed E-state index contributed by atoms with van der Waals surface area (Å²) in [5.74, 6) is 0.289. The van der Waals surface area contributed by atoms with Crippen molar-refractivity contribution in [3.63, 3.8) is 0 Å². The van der Waals surface area contributed by atoms with Crippen molar-refractivity contribution in [2.75, 3.05) is 12.3 Å². The number of anilines is 1. The van der Waals surface area contributed by atoms with Gasteiger partial charge in [0, 0.05) is 6.42 Å². The molecule has 1 aliphatic rings. The van der Waals surface area contributed by atoms with E-state index in [0.29, 0.717) is 17.6 Å². The van der Waals surface area contributed by atoms with E-state index in [-0.39, 0.29) is 12.4 Å². The quantitative estimate of drug-likeness (QED) is 0.771. The topological polar surface area (TPSA) is 125 Å². The maximum atomic E-state index is 10.3. The van der Waals surface area contributed by atoms with Gasteiger partial charge in [0.25, 0.3) is 0 Å². The van der Waals surface area contributed by atoms with E-state index in [1.807, 2.05) is 0 Å². The van der Waals surface area contributed by atoms with Gasteiger partial charge in [0.05, 0.1) is 19.0 Å². The van der Waals surface area contributed by atoms with Crippen LogP contribution in [-0.4, -0.2) is 43.4 Å². The zero-order valence-corrected chi connectivity index (χ0v) is 11.2. The van der Waals surface area contributed by atoms with E-state index < -0.39 is 27.1 Å². The minimum Gasteiger partial charge on any atom is -0.390 e. The number of aromatic nitrogens is 4. The van der Waals surface area contributed by atoms with E-state index in [0.717, 1.165) is 0 Å². The van der Waals surface area contributed by atoms with Gasteiger partial charge in [0.15, 0.2) is 11.5 Å². The van der Waals surface area contributed by atoms with E-state index in [1.54, 1.807) is 10.9 Å². The summed E-state index contributed by atoms with van der Waals surface area (Å²) in [6.45, 7) is 0.0481. The van der Waals surface area contributed by atoms with Crippen molar-refractivity contribution in [1.29, 1.82) is 0 Å². The third-order valence-corrected chi connectivity index (χ3v) is 3.45. The molecule has 3 atom stereocenters. The molecule has 1 aliphatic heterocycles. The second-order valence-corrected chi connectivity index (χ2v) is 4.79. The van der Waals surface area contributed by atoms with Crippen molar-refractivity contribution in [2.24, 2.45) is 0 Å².